The van der Waals surface area contributed by atoms with Crippen LogP contribution < -0.4 is 0 Å². The smallest absolute Gasteiger partial charge is 0.309 e. The van der Waals surface area contributed by atoms with Crippen LogP contribution in [-0.2, 0) is 23.9 Å². The highest BCUT2D eigenvalue weighted by Gasteiger charge is 2.71. The number of likely N-dealkylation sites (N-methyl/N-ethyl adjacent to an activating group) is 1. The number of fused-ring (bicyclic) bond motifs is 7. The van der Waals surface area contributed by atoms with Crippen LogP contribution in [0.25, 0.3) is 0 Å². The number of carbonyl (C=O) groups is 4. The molecule has 0 saturated heterocycles. The van der Waals surface area contributed by atoms with Gasteiger partial charge < -0.3 is 24.7 Å². The second-order valence-electron chi connectivity index (χ2n) is 22.5. The number of ketones is 1. The molecule has 9 nitrogen and oxygen atoms in total. The van der Waals surface area contributed by atoms with Crippen LogP contribution in [0.2, 0.25) is 0 Å². The Hall–Kier alpha value is -2.26. The van der Waals surface area contributed by atoms with Gasteiger partial charge in [0.1, 0.15) is 6.10 Å². The molecule has 0 heterocycles. The highest BCUT2D eigenvalue weighted by atomic mass is 16.5. The molecule has 57 heavy (non-hydrogen) atoms. The van der Waals surface area contributed by atoms with Crippen molar-refractivity contribution in [3.05, 3.63) is 11.1 Å². The van der Waals surface area contributed by atoms with Gasteiger partial charge in [-0.05, 0) is 138 Å². The van der Waals surface area contributed by atoms with Gasteiger partial charge >= 0.3 is 11.9 Å². The number of carboxylic acid groups (broad SMARTS) is 1. The summed E-state index contributed by atoms with van der Waals surface area (Å²) in [4.78, 5) is 57.5. The molecular formula is C48H78N2O7. The Labute approximate surface area is 344 Å². The lowest BCUT2D eigenvalue weighted by Crippen LogP contribution is -2.66. The zero-order chi connectivity index (χ0) is 42.1. The van der Waals surface area contributed by atoms with Crippen molar-refractivity contribution in [3.8, 4) is 0 Å². The number of allylic oxidation sites excluding steroid dienone is 1. The minimum atomic E-state index is -1.18. The van der Waals surface area contributed by atoms with Gasteiger partial charge in [0.05, 0.1) is 17.9 Å². The van der Waals surface area contributed by atoms with E-state index in [1.54, 1.807) is 13.8 Å². The Morgan fingerprint density at radius 1 is 0.842 bits per heavy atom. The van der Waals surface area contributed by atoms with Crippen molar-refractivity contribution in [2.75, 3.05) is 33.7 Å². The number of nitrogens with zero attached hydrogens (tertiary/aromatic N) is 2. The second-order valence-corrected chi connectivity index (χ2v) is 22.5. The largest absolute Gasteiger partial charge is 0.481 e. The molecule has 6 aliphatic rings. The number of esters is 1. The minimum absolute atomic E-state index is 0.0127. The van der Waals surface area contributed by atoms with E-state index in [4.69, 9.17) is 4.74 Å². The quantitative estimate of drug-likeness (QED) is 0.188. The fourth-order valence-electron chi connectivity index (χ4n) is 14.5. The molecule has 6 rings (SSSR count). The van der Waals surface area contributed by atoms with Crippen LogP contribution in [0, 0.1) is 62.1 Å². The lowest BCUT2D eigenvalue weighted by molar-refractivity contribution is -0.235. The second kappa shape index (κ2) is 15.6. The van der Waals surface area contributed by atoms with Crippen molar-refractivity contribution < 1.29 is 34.1 Å². The predicted octanol–water partition coefficient (Wildman–Crippen LogP) is 8.71. The summed E-state index contributed by atoms with van der Waals surface area (Å²) < 4.78 is 6.19. The molecule has 9 atom stereocenters. The molecule has 0 bridgehead atoms. The van der Waals surface area contributed by atoms with E-state index in [0.29, 0.717) is 24.8 Å². The van der Waals surface area contributed by atoms with Crippen molar-refractivity contribution in [2.24, 2.45) is 62.1 Å². The molecule has 5 saturated carbocycles. The molecule has 6 aliphatic carbocycles. The maximum Gasteiger partial charge on any atom is 0.309 e. The van der Waals surface area contributed by atoms with Gasteiger partial charge in [-0.25, -0.2) is 0 Å². The maximum absolute atomic E-state index is 14.3. The minimum Gasteiger partial charge on any atom is -0.481 e. The van der Waals surface area contributed by atoms with Crippen molar-refractivity contribution in [1.82, 2.24) is 9.80 Å². The zero-order valence-electron chi connectivity index (χ0n) is 37.6. The summed E-state index contributed by atoms with van der Waals surface area (Å²) in [5.41, 5.74) is 0.103. The van der Waals surface area contributed by atoms with Crippen molar-refractivity contribution in [3.63, 3.8) is 0 Å². The average Bonchev–Trinajstić information content (AvgIpc) is 3.44. The van der Waals surface area contributed by atoms with Gasteiger partial charge in [-0.2, -0.15) is 0 Å². The molecular weight excluding hydrogens is 717 g/mol. The van der Waals surface area contributed by atoms with Crippen LogP contribution in [0.4, 0.5) is 0 Å². The van der Waals surface area contributed by atoms with Crippen molar-refractivity contribution in [2.45, 2.75) is 171 Å². The third-order valence-corrected chi connectivity index (χ3v) is 18.0. The van der Waals surface area contributed by atoms with E-state index in [1.165, 1.54) is 12.0 Å². The van der Waals surface area contributed by atoms with Gasteiger partial charge in [-0.15, -0.1) is 0 Å². The first kappa shape index (κ1) is 44.3. The Balaban J connectivity index is 1.29. The molecule has 1 amide bonds. The van der Waals surface area contributed by atoms with Crippen LogP contribution in [-0.4, -0.2) is 89.6 Å². The maximum atomic E-state index is 14.3. The summed E-state index contributed by atoms with van der Waals surface area (Å²) in [6, 6.07) is 0. The molecule has 0 aromatic rings. The normalized spacial score (nSPS) is 37.3. The van der Waals surface area contributed by atoms with Crippen LogP contribution in [0.1, 0.15) is 159 Å². The molecule has 0 aliphatic heterocycles. The number of ether oxygens (including phenoxy) is 1. The standard InChI is InChI=1S/C48H78N2O7/c1-30(2)39-33(51)27-48(36(52)29-50(26-25-49(10)11)41(54)31-15-13-12-14-16-31)24-23-46(8)32(40(39)48)17-18-35-45(7)21-20-37(57-38(53)28-43(3,4)42(55)56)44(5,6)34(45)19-22-47(35,46)9/h30-32,34-37,52H,12-29H2,1-11H3,(H,55,56)/t32-,34+,35-,36?,37+,45+,46-,47-,48?/m1/s1. The zero-order valence-corrected chi connectivity index (χ0v) is 37.6. The SMILES string of the molecule is CC(C)C1=C2[C@H]3CC[C@@H]4[C@@]5(C)CC[C@H](OC(=O)CC(C)(C)C(=O)O)C(C)(C)[C@@H]5CC[C@@]4(C)[C@]3(C)CCC2(C(O)CN(CCN(C)C)C(=O)C2CCCCC2)CC1=O. The number of aliphatic hydroxyl groups is 1. The first-order chi connectivity index (χ1) is 26.5. The third-order valence-electron chi connectivity index (χ3n) is 18.0. The van der Waals surface area contributed by atoms with Crippen molar-refractivity contribution >= 4 is 23.6 Å². The van der Waals surface area contributed by atoms with Gasteiger partial charge in [0.25, 0.3) is 0 Å². The fraction of sp³-hybridized carbons (Fsp3) is 0.875. The Morgan fingerprint density at radius 2 is 1.51 bits per heavy atom. The molecule has 0 spiro atoms. The number of amides is 1. The van der Waals surface area contributed by atoms with Crippen LogP contribution >= 0.6 is 0 Å². The van der Waals surface area contributed by atoms with E-state index in [2.05, 4.69) is 53.4 Å². The van der Waals surface area contributed by atoms with E-state index in [-0.39, 0.29) is 70.2 Å². The summed E-state index contributed by atoms with van der Waals surface area (Å²) in [6.07, 6.45) is 11.9. The number of aliphatic carboxylic acids is 1. The predicted molar refractivity (Wildman–Crippen MR) is 223 cm³/mol. The summed E-state index contributed by atoms with van der Waals surface area (Å²) in [7, 11) is 4.06. The van der Waals surface area contributed by atoms with Crippen LogP contribution in [0.15, 0.2) is 11.1 Å². The van der Waals surface area contributed by atoms with E-state index >= 15 is 0 Å². The van der Waals surface area contributed by atoms with E-state index in [9.17, 15) is 29.4 Å². The fourth-order valence-corrected chi connectivity index (χ4v) is 14.5. The lowest BCUT2D eigenvalue weighted by atomic mass is 9.33. The number of hydrogen-bond acceptors (Lipinski definition) is 7. The summed E-state index contributed by atoms with van der Waals surface area (Å²) in [6.45, 7) is 21.2. The van der Waals surface area contributed by atoms with Crippen molar-refractivity contribution in [1.29, 1.82) is 0 Å². The molecule has 0 aromatic carbocycles. The number of rotatable bonds is 12. The van der Waals surface area contributed by atoms with E-state index < -0.39 is 28.9 Å². The first-order valence-electron chi connectivity index (χ1n) is 22.8. The van der Waals surface area contributed by atoms with Crippen LogP contribution in [0.5, 0.6) is 0 Å². The number of carboxylic acids is 1. The number of carbonyl (C=O) groups excluding carboxylic acids is 3. The lowest BCUT2D eigenvalue weighted by Gasteiger charge is -2.72. The molecule has 322 valence electrons. The highest BCUT2D eigenvalue weighted by Crippen LogP contribution is 2.77. The number of aliphatic hydroxyl groups excluding tert-OH is 1. The van der Waals surface area contributed by atoms with Gasteiger partial charge in [0.2, 0.25) is 5.91 Å². The van der Waals surface area contributed by atoms with E-state index in [1.807, 2.05) is 19.0 Å². The highest BCUT2D eigenvalue weighted by molar-refractivity contribution is 6.00. The molecule has 0 aromatic heterocycles. The summed E-state index contributed by atoms with van der Waals surface area (Å²) in [5, 5.41) is 22.3. The monoisotopic (exact) mass is 795 g/mol. The third kappa shape index (κ3) is 7.37. The molecule has 2 unspecified atom stereocenters. The Morgan fingerprint density at radius 3 is 2.12 bits per heavy atom. The van der Waals surface area contributed by atoms with Gasteiger partial charge in [0.15, 0.2) is 5.78 Å². The van der Waals surface area contributed by atoms with Gasteiger partial charge in [0, 0.05) is 42.8 Å². The molecule has 9 heteroatoms. The topological polar surface area (TPSA) is 124 Å². The Bertz CT molecular complexity index is 1610. The number of Topliss-reactive ketones (excluding diaryl/α,β-unsaturated/α-hetero) is 1. The summed E-state index contributed by atoms with van der Waals surface area (Å²) >= 11 is 0. The molecule has 0 radical (unpaired) electrons. The summed E-state index contributed by atoms with van der Waals surface area (Å²) in [5.74, 6) is 0.0470. The number of hydrogen-bond donors (Lipinski definition) is 2. The first-order valence-corrected chi connectivity index (χ1v) is 22.8. The van der Waals surface area contributed by atoms with E-state index in [0.717, 1.165) is 89.2 Å². The average molecular weight is 795 g/mol. The molecule has 5 fully saturated rings. The van der Waals surface area contributed by atoms with Gasteiger partial charge in [-0.1, -0.05) is 73.3 Å². The van der Waals surface area contributed by atoms with Crippen LogP contribution in [0.3, 0.4) is 0 Å². The Kier molecular flexibility index (Phi) is 12.2. The molecule has 2 N–H and O–H groups in total. The van der Waals surface area contributed by atoms with Gasteiger partial charge in [-0.3, -0.25) is 19.2 Å².